The Labute approximate surface area is 327 Å². The molecular formula is C46H41N5O6. The first-order chi connectivity index (χ1) is 27.7. The minimum Gasteiger partial charge on any atom is -0.493 e. The molecule has 0 saturated carbocycles. The predicted octanol–water partition coefficient (Wildman–Crippen LogP) is 7.92. The van der Waals surface area contributed by atoms with Crippen molar-refractivity contribution in [1.29, 1.82) is 0 Å². The summed E-state index contributed by atoms with van der Waals surface area (Å²) in [5.41, 5.74) is 5.26. The molecule has 0 aliphatic rings. The van der Waals surface area contributed by atoms with Crippen LogP contribution < -0.4 is 20.7 Å². The lowest BCUT2D eigenvalue weighted by molar-refractivity contribution is -0.126. The van der Waals surface area contributed by atoms with Gasteiger partial charge in [0.15, 0.2) is 5.78 Å². The van der Waals surface area contributed by atoms with Crippen LogP contribution in [0.4, 0.5) is 0 Å². The molecule has 0 radical (unpaired) electrons. The van der Waals surface area contributed by atoms with Crippen LogP contribution in [0.25, 0.3) is 55.0 Å². The number of fused-ring (bicyclic) bond motifs is 6. The average molecular weight is 760 g/mol. The zero-order valence-corrected chi connectivity index (χ0v) is 31.7. The van der Waals surface area contributed by atoms with Gasteiger partial charge in [-0.15, -0.1) is 0 Å². The molecule has 11 heteroatoms. The Hall–Kier alpha value is -7.14. The van der Waals surface area contributed by atoms with Crippen molar-refractivity contribution in [2.45, 2.75) is 33.2 Å². The summed E-state index contributed by atoms with van der Waals surface area (Å²) in [6.45, 7) is 4.58. The average Bonchev–Trinajstić information content (AvgIpc) is 3.72. The van der Waals surface area contributed by atoms with Gasteiger partial charge >= 0.3 is 5.69 Å². The molecule has 5 aromatic carbocycles. The van der Waals surface area contributed by atoms with E-state index in [9.17, 15) is 19.2 Å². The topological polar surface area (TPSA) is 121 Å². The largest absolute Gasteiger partial charge is 0.493 e. The van der Waals surface area contributed by atoms with Crippen molar-refractivity contribution in [3.05, 3.63) is 155 Å². The standard InChI is InChI=1S/C46H41N5O6/c1-31(52)20-24-48(32(2)53)22-8-26-56-35-16-18-39-37-12-3-5-14-41(37)50(43(39)29-35)33-10-7-11-34(28-33)51-42-15-6-4-13-38(42)40-19-17-36(30-44(40)51)57-27-9-23-49-25-21-45(54)47-46(49)55/h3-7,10-21,24-25,28-30H,8-9,22-23,26-27H2,1-2H3,(H,47,54,55)/b24-20-. The highest BCUT2D eigenvalue weighted by atomic mass is 16.5. The van der Waals surface area contributed by atoms with E-state index in [1.165, 1.54) is 47.9 Å². The highest BCUT2D eigenvalue weighted by molar-refractivity contribution is 6.11. The zero-order chi connectivity index (χ0) is 39.5. The smallest absolute Gasteiger partial charge is 0.328 e. The van der Waals surface area contributed by atoms with E-state index in [1.54, 1.807) is 0 Å². The number of hydrogen-bond donors (Lipinski definition) is 1. The van der Waals surface area contributed by atoms with Crippen molar-refractivity contribution >= 4 is 55.3 Å². The number of amides is 1. The van der Waals surface area contributed by atoms with E-state index in [0.717, 1.165) is 60.7 Å². The van der Waals surface area contributed by atoms with E-state index in [-0.39, 0.29) is 11.7 Å². The molecule has 3 heterocycles. The number of ether oxygens (including phenoxy) is 2. The summed E-state index contributed by atoms with van der Waals surface area (Å²) in [5, 5.41) is 4.46. The number of nitrogens with zero attached hydrogens (tertiary/aromatic N) is 4. The van der Waals surface area contributed by atoms with Gasteiger partial charge < -0.3 is 28.1 Å². The molecule has 286 valence electrons. The lowest BCUT2D eigenvalue weighted by atomic mass is 10.1. The number of hydrogen-bond acceptors (Lipinski definition) is 6. The third kappa shape index (κ3) is 7.59. The van der Waals surface area contributed by atoms with Gasteiger partial charge in [-0.05, 0) is 80.4 Å². The molecule has 11 nitrogen and oxygen atoms in total. The second-order valence-electron chi connectivity index (χ2n) is 13.9. The Morgan fingerprint density at radius 2 is 1.21 bits per heavy atom. The molecule has 1 N–H and O–H groups in total. The van der Waals surface area contributed by atoms with Gasteiger partial charge in [-0.1, -0.05) is 42.5 Å². The summed E-state index contributed by atoms with van der Waals surface area (Å²) in [5.74, 6) is 1.19. The number of aromatic nitrogens is 4. The fourth-order valence-electron chi connectivity index (χ4n) is 7.41. The second-order valence-corrected chi connectivity index (χ2v) is 13.9. The van der Waals surface area contributed by atoms with Crippen LogP contribution in [-0.4, -0.2) is 55.0 Å². The highest BCUT2D eigenvalue weighted by Crippen LogP contribution is 2.37. The molecule has 0 unspecified atom stereocenters. The van der Waals surface area contributed by atoms with Crippen LogP contribution in [0.2, 0.25) is 0 Å². The maximum Gasteiger partial charge on any atom is 0.328 e. The van der Waals surface area contributed by atoms with Gasteiger partial charge in [0.2, 0.25) is 5.91 Å². The maximum atomic E-state index is 12.1. The van der Waals surface area contributed by atoms with Crippen molar-refractivity contribution in [2.24, 2.45) is 0 Å². The van der Waals surface area contributed by atoms with E-state index >= 15 is 0 Å². The summed E-state index contributed by atoms with van der Waals surface area (Å²) in [6, 6.07) is 38.8. The number of allylic oxidation sites excluding steroid dienone is 1. The Morgan fingerprint density at radius 1 is 0.649 bits per heavy atom. The minimum absolute atomic E-state index is 0.116. The predicted molar refractivity (Wildman–Crippen MR) is 224 cm³/mol. The van der Waals surface area contributed by atoms with Crippen LogP contribution in [0.1, 0.15) is 26.7 Å². The first kappa shape index (κ1) is 36.8. The molecule has 0 atom stereocenters. The molecule has 0 aliphatic heterocycles. The molecule has 0 saturated heterocycles. The lowest BCUT2D eigenvalue weighted by Crippen LogP contribution is -2.29. The Kier molecular flexibility index (Phi) is 10.3. The number of carbonyl (C=O) groups excluding carboxylic acids is 2. The van der Waals surface area contributed by atoms with E-state index in [2.05, 4.69) is 99.0 Å². The van der Waals surface area contributed by atoms with Crippen LogP contribution in [0.15, 0.2) is 143 Å². The summed E-state index contributed by atoms with van der Waals surface area (Å²) in [4.78, 5) is 50.8. The Bertz CT molecular complexity index is 2950. The highest BCUT2D eigenvalue weighted by Gasteiger charge is 2.17. The number of nitrogens with one attached hydrogen (secondary N) is 1. The van der Waals surface area contributed by atoms with Crippen LogP contribution >= 0.6 is 0 Å². The fraction of sp³-hybridized carbons (Fsp3) is 0.174. The van der Waals surface area contributed by atoms with E-state index in [1.807, 2.05) is 24.3 Å². The molecule has 3 aromatic heterocycles. The molecule has 8 rings (SSSR count). The van der Waals surface area contributed by atoms with Crippen molar-refractivity contribution in [1.82, 2.24) is 23.6 Å². The normalized spacial score (nSPS) is 11.6. The summed E-state index contributed by atoms with van der Waals surface area (Å²) < 4.78 is 18.4. The number of H-pyrrole nitrogens is 1. The molecule has 8 aromatic rings. The number of ketones is 1. The molecule has 0 bridgehead atoms. The van der Waals surface area contributed by atoms with Gasteiger partial charge in [0.05, 0.1) is 35.3 Å². The quantitative estimate of drug-likeness (QED) is 0.0889. The summed E-state index contributed by atoms with van der Waals surface area (Å²) in [7, 11) is 0. The molecule has 1 amide bonds. The molecule has 0 fully saturated rings. The number of benzene rings is 5. The van der Waals surface area contributed by atoms with Crippen LogP contribution in [-0.2, 0) is 16.1 Å². The number of rotatable bonds is 14. The van der Waals surface area contributed by atoms with Crippen molar-refractivity contribution < 1.29 is 19.1 Å². The van der Waals surface area contributed by atoms with Crippen LogP contribution in [0, 0.1) is 0 Å². The van der Waals surface area contributed by atoms with Crippen molar-refractivity contribution in [3.8, 4) is 22.9 Å². The zero-order valence-electron chi connectivity index (χ0n) is 31.7. The maximum absolute atomic E-state index is 12.1. The van der Waals surface area contributed by atoms with Crippen LogP contribution in [0.5, 0.6) is 11.5 Å². The van der Waals surface area contributed by atoms with Gasteiger partial charge in [0.25, 0.3) is 5.56 Å². The fourth-order valence-corrected chi connectivity index (χ4v) is 7.41. The van der Waals surface area contributed by atoms with E-state index in [0.29, 0.717) is 44.9 Å². The SMILES string of the molecule is CC(=O)/C=C\N(CCCOc1ccc2c3ccccc3n(-c3cccc(-n4c5ccccc5c5ccc(OCCCn6ccc(=O)[nH]c6=O)cc54)c3)c2c1)C(C)=O. The first-order valence-corrected chi connectivity index (χ1v) is 18.9. The Morgan fingerprint density at radius 3 is 1.77 bits per heavy atom. The van der Waals surface area contributed by atoms with E-state index in [4.69, 9.17) is 9.47 Å². The Balaban J connectivity index is 1.11. The third-order valence-corrected chi connectivity index (χ3v) is 10.1. The van der Waals surface area contributed by atoms with Crippen LogP contribution in [0.3, 0.4) is 0 Å². The first-order valence-electron chi connectivity index (χ1n) is 18.9. The van der Waals surface area contributed by atoms with Gasteiger partial charge in [0.1, 0.15) is 11.5 Å². The van der Waals surface area contributed by atoms with Gasteiger partial charge in [0, 0.05) is 83.5 Å². The second kappa shape index (κ2) is 15.9. The molecular weight excluding hydrogens is 719 g/mol. The van der Waals surface area contributed by atoms with Crippen molar-refractivity contribution in [2.75, 3.05) is 19.8 Å². The van der Waals surface area contributed by atoms with Gasteiger partial charge in [-0.25, -0.2) is 4.79 Å². The van der Waals surface area contributed by atoms with Crippen molar-refractivity contribution in [3.63, 3.8) is 0 Å². The third-order valence-electron chi connectivity index (χ3n) is 10.1. The summed E-state index contributed by atoms with van der Waals surface area (Å²) >= 11 is 0. The number of aryl methyl sites for hydroxylation is 1. The number of para-hydroxylation sites is 2. The summed E-state index contributed by atoms with van der Waals surface area (Å²) in [6.07, 6.45) is 5.59. The monoisotopic (exact) mass is 759 g/mol. The van der Waals surface area contributed by atoms with Gasteiger partial charge in [-0.2, -0.15) is 0 Å². The van der Waals surface area contributed by atoms with E-state index < -0.39 is 11.2 Å². The lowest BCUT2D eigenvalue weighted by Gasteiger charge is -2.16. The molecule has 0 spiro atoms. The van der Waals surface area contributed by atoms with Gasteiger partial charge in [-0.3, -0.25) is 19.4 Å². The molecule has 0 aliphatic carbocycles. The molecule has 57 heavy (non-hydrogen) atoms. The minimum atomic E-state index is -0.434. The number of aromatic amines is 1. The number of carbonyl (C=O) groups is 2.